The smallest absolute Gasteiger partial charge is 0.420 e. The van der Waals surface area contributed by atoms with Gasteiger partial charge in [0.05, 0.1) is 7.11 Å². The van der Waals surface area contributed by atoms with Crippen molar-refractivity contribution in [1.82, 2.24) is 15.6 Å². The van der Waals surface area contributed by atoms with Crippen molar-refractivity contribution in [3.8, 4) is 17.2 Å². The summed E-state index contributed by atoms with van der Waals surface area (Å²) in [6, 6.07) is 12.2. The number of halogens is 3. The standard InChI is InChI=1S/C25H22F3N3O5/c1-35-18-6-7-20(19(13-18)25(26,27)28)36-17-4-2-15(3-5-17)14-30-23(34)24(9-10-24)31-22(33)16-8-11-29-21(32)12-16/h2-8,11-13H,9-10,14H2,1H3,(H,29,32)(H,30,34)(H,31,33). The topological polar surface area (TPSA) is 110 Å². The van der Waals surface area contributed by atoms with Crippen molar-refractivity contribution in [2.45, 2.75) is 31.1 Å². The molecule has 4 rings (SSSR count). The Morgan fingerprint density at radius 1 is 1.03 bits per heavy atom. The number of carbonyl (C=O) groups is 2. The van der Waals surface area contributed by atoms with Crippen molar-refractivity contribution in [2.24, 2.45) is 0 Å². The molecule has 3 aromatic rings. The highest BCUT2D eigenvalue weighted by Gasteiger charge is 2.51. The van der Waals surface area contributed by atoms with Crippen LogP contribution < -0.4 is 25.7 Å². The fourth-order valence-electron chi connectivity index (χ4n) is 3.51. The fourth-order valence-corrected chi connectivity index (χ4v) is 3.51. The number of benzene rings is 2. The molecule has 0 bridgehead atoms. The zero-order valence-corrected chi connectivity index (χ0v) is 19.1. The molecule has 36 heavy (non-hydrogen) atoms. The molecule has 2 aromatic carbocycles. The highest BCUT2D eigenvalue weighted by molar-refractivity contribution is 6.00. The number of nitrogens with one attached hydrogen (secondary N) is 3. The molecule has 1 saturated carbocycles. The van der Waals surface area contributed by atoms with E-state index >= 15 is 0 Å². The monoisotopic (exact) mass is 501 g/mol. The molecule has 1 fully saturated rings. The molecule has 0 radical (unpaired) electrons. The van der Waals surface area contributed by atoms with E-state index in [0.29, 0.717) is 18.4 Å². The van der Waals surface area contributed by atoms with Crippen LogP contribution in [0.2, 0.25) is 0 Å². The van der Waals surface area contributed by atoms with Crippen LogP contribution in [0.25, 0.3) is 0 Å². The first kappa shape index (κ1) is 24.8. The fraction of sp³-hybridized carbons (Fsp3) is 0.240. The maximum Gasteiger partial charge on any atom is 0.420 e. The lowest BCUT2D eigenvalue weighted by molar-refractivity contribution is -0.138. The SMILES string of the molecule is COc1ccc(Oc2ccc(CNC(=O)C3(NC(=O)c4cc[nH]c(=O)c4)CC3)cc2)c(C(F)(F)F)c1. The van der Waals surface area contributed by atoms with Crippen LogP contribution in [0.4, 0.5) is 13.2 Å². The van der Waals surface area contributed by atoms with E-state index in [0.717, 1.165) is 12.1 Å². The van der Waals surface area contributed by atoms with Gasteiger partial charge in [0.1, 0.15) is 28.4 Å². The van der Waals surface area contributed by atoms with Gasteiger partial charge in [0.25, 0.3) is 5.91 Å². The average Bonchev–Trinajstić information content (AvgIpc) is 3.63. The molecule has 2 amide bonds. The first-order chi connectivity index (χ1) is 17.1. The lowest BCUT2D eigenvalue weighted by Gasteiger charge is -2.17. The van der Waals surface area contributed by atoms with Gasteiger partial charge in [0.2, 0.25) is 11.5 Å². The quantitative estimate of drug-likeness (QED) is 0.435. The number of ether oxygens (including phenoxy) is 2. The number of H-pyrrole nitrogens is 1. The van der Waals surface area contributed by atoms with Crippen molar-refractivity contribution >= 4 is 11.8 Å². The van der Waals surface area contributed by atoms with Crippen LogP contribution in [0, 0.1) is 0 Å². The Hall–Kier alpha value is -4.28. The number of aromatic nitrogens is 1. The molecule has 8 nitrogen and oxygen atoms in total. The summed E-state index contributed by atoms with van der Waals surface area (Å²) in [5.74, 6) is -1.01. The number of rotatable bonds is 8. The van der Waals surface area contributed by atoms with E-state index in [9.17, 15) is 27.6 Å². The molecular weight excluding hydrogens is 479 g/mol. The molecule has 188 valence electrons. The Morgan fingerprint density at radius 2 is 1.72 bits per heavy atom. The minimum atomic E-state index is -4.63. The van der Waals surface area contributed by atoms with Gasteiger partial charge in [-0.15, -0.1) is 0 Å². The molecule has 0 saturated heterocycles. The van der Waals surface area contributed by atoms with E-state index in [-0.39, 0.29) is 35.3 Å². The Morgan fingerprint density at radius 3 is 2.33 bits per heavy atom. The van der Waals surface area contributed by atoms with E-state index in [1.165, 1.54) is 43.6 Å². The summed E-state index contributed by atoms with van der Waals surface area (Å²) < 4.78 is 50.5. The molecule has 1 aromatic heterocycles. The second kappa shape index (κ2) is 9.76. The Balaban J connectivity index is 1.36. The van der Waals surface area contributed by atoms with Crippen molar-refractivity contribution < 1.29 is 32.2 Å². The Labute approximate surface area is 203 Å². The van der Waals surface area contributed by atoms with Crippen molar-refractivity contribution in [3.63, 3.8) is 0 Å². The summed E-state index contributed by atoms with van der Waals surface area (Å²) in [4.78, 5) is 38.9. The van der Waals surface area contributed by atoms with Gasteiger partial charge in [-0.05, 0) is 54.8 Å². The lowest BCUT2D eigenvalue weighted by Crippen LogP contribution is -2.48. The summed E-state index contributed by atoms with van der Waals surface area (Å²) in [5, 5.41) is 5.44. The third-order valence-electron chi connectivity index (χ3n) is 5.67. The van der Waals surface area contributed by atoms with Crippen LogP contribution in [-0.2, 0) is 17.5 Å². The minimum absolute atomic E-state index is 0.0582. The summed E-state index contributed by atoms with van der Waals surface area (Å²) in [6.07, 6.45) is -2.35. The third-order valence-corrected chi connectivity index (χ3v) is 5.67. The first-order valence-electron chi connectivity index (χ1n) is 10.9. The van der Waals surface area contributed by atoms with E-state index in [1.807, 2.05) is 0 Å². The van der Waals surface area contributed by atoms with E-state index < -0.39 is 28.7 Å². The highest BCUT2D eigenvalue weighted by Crippen LogP contribution is 2.40. The van der Waals surface area contributed by atoms with Gasteiger partial charge in [-0.1, -0.05) is 12.1 Å². The number of carbonyl (C=O) groups excluding carboxylic acids is 2. The second-order valence-corrected chi connectivity index (χ2v) is 8.27. The molecule has 0 unspecified atom stereocenters. The van der Waals surface area contributed by atoms with Crippen molar-refractivity contribution in [1.29, 1.82) is 0 Å². The molecular formula is C25H22F3N3O5. The summed E-state index contributed by atoms with van der Waals surface area (Å²) in [5.41, 5.74) is -1.59. The zero-order chi connectivity index (χ0) is 25.9. The van der Waals surface area contributed by atoms with E-state index in [2.05, 4.69) is 15.6 Å². The van der Waals surface area contributed by atoms with Crippen molar-refractivity contribution in [2.75, 3.05) is 7.11 Å². The maximum atomic E-state index is 13.4. The number of hydrogen-bond donors (Lipinski definition) is 3. The number of methoxy groups -OCH3 is 1. The molecule has 1 aliphatic carbocycles. The molecule has 0 spiro atoms. The number of pyridine rings is 1. The minimum Gasteiger partial charge on any atom is -0.497 e. The summed E-state index contributed by atoms with van der Waals surface area (Å²) >= 11 is 0. The Kier molecular flexibility index (Phi) is 6.73. The predicted molar refractivity (Wildman–Crippen MR) is 123 cm³/mol. The van der Waals surface area contributed by atoms with Crippen LogP contribution in [0.3, 0.4) is 0 Å². The van der Waals surface area contributed by atoms with Crippen molar-refractivity contribution in [3.05, 3.63) is 87.8 Å². The van der Waals surface area contributed by atoms with Gasteiger partial charge in [-0.2, -0.15) is 13.2 Å². The number of hydrogen-bond acceptors (Lipinski definition) is 5. The molecule has 0 atom stereocenters. The first-order valence-corrected chi connectivity index (χ1v) is 10.9. The van der Waals surface area contributed by atoms with E-state index in [1.54, 1.807) is 12.1 Å². The van der Waals surface area contributed by atoms with Gasteiger partial charge < -0.3 is 25.1 Å². The summed E-state index contributed by atoms with van der Waals surface area (Å²) in [7, 11) is 1.28. The molecule has 0 aliphatic heterocycles. The second-order valence-electron chi connectivity index (χ2n) is 8.27. The zero-order valence-electron chi connectivity index (χ0n) is 19.1. The third kappa shape index (κ3) is 5.68. The molecule has 1 aliphatic rings. The van der Waals surface area contributed by atoms with Gasteiger partial charge in [-0.3, -0.25) is 14.4 Å². The Bertz CT molecular complexity index is 1330. The lowest BCUT2D eigenvalue weighted by atomic mass is 10.1. The van der Waals surface area contributed by atoms with E-state index in [4.69, 9.17) is 9.47 Å². The summed E-state index contributed by atoms with van der Waals surface area (Å²) in [6.45, 7) is 0.137. The average molecular weight is 501 g/mol. The number of alkyl halides is 3. The number of amides is 2. The number of aromatic amines is 1. The normalized spacial score (nSPS) is 14.0. The van der Waals surface area contributed by atoms with Crippen LogP contribution in [-0.4, -0.2) is 29.4 Å². The predicted octanol–water partition coefficient (Wildman–Crippen LogP) is 3.77. The van der Waals surface area contributed by atoms with Gasteiger partial charge >= 0.3 is 6.18 Å². The van der Waals surface area contributed by atoms with Gasteiger partial charge in [-0.25, -0.2) is 0 Å². The van der Waals surface area contributed by atoms with Crippen LogP contribution >= 0.6 is 0 Å². The largest absolute Gasteiger partial charge is 0.497 e. The highest BCUT2D eigenvalue weighted by atomic mass is 19.4. The van der Waals surface area contributed by atoms with Gasteiger partial charge in [0.15, 0.2) is 0 Å². The van der Waals surface area contributed by atoms with Crippen LogP contribution in [0.1, 0.15) is 34.3 Å². The van der Waals surface area contributed by atoms with Crippen LogP contribution in [0.5, 0.6) is 17.2 Å². The maximum absolute atomic E-state index is 13.4. The molecule has 11 heteroatoms. The molecule has 3 N–H and O–H groups in total. The molecule has 1 heterocycles. The van der Waals surface area contributed by atoms with Crippen LogP contribution in [0.15, 0.2) is 65.6 Å². The van der Waals surface area contributed by atoms with Gasteiger partial charge in [0, 0.05) is 24.4 Å².